The average molecular weight is 254 g/mol. The van der Waals surface area contributed by atoms with Crippen molar-refractivity contribution in [2.75, 3.05) is 17.3 Å². The van der Waals surface area contributed by atoms with E-state index in [1.807, 2.05) is 20.1 Å². The number of hydrogen-bond acceptors (Lipinski definition) is 6. The molecule has 2 unspecified atom stereocenters. The Morgan fingerprint density at radius 3 is 2.76 bits per heavy atom. The lowest BCUT2D eigenvalue weighted by Crippen LogP contribution is -2.57. The van der Waals surface area contributed by atoms with E-state index in [0.29, 0.717) is 11.0 Å². The summed E-state index contributed by atoms with van der Waals surface area (Å²) >= 11 is 1.46. The molecule has 1 aromatic rings. The lowest BCUT2D eigenvalue weighted by Gasteiger charge is -2.49. The molecule has 1 aromatic heterocycles. The van der Waals surface area contributed by atoms with E-state index in [1.54, 1.807) is 6.07 Å². The molecule has 0 amide bonds. The molecule has 2 rings (SSSR count). The van der Waals surface area contributed by atoms with Gasteiger partial charge in [-0.2, -0.15) is 0 Å². The largest absolute Gasteiger partial charge is 0.392 e. The first-order valence-corrected chi connectivity index (χ1v) is 6.79. The lowest BCUT2D eigenvalue weighted by molar-refractivity contribution is -0.0511. The third-order valence-electron chi connectivity index (χ3n) is 3.45. The molecule has 17 heavy (non-hydrogen) atoms. The number of hydrogen-bond donors (Lipinski definition) is 3. The number of aromatic nitrogens is 2. The Hall–Kier alpha value is -1.01. The molecule has 1 heterocycles. The van der Waals surface area contributed by atoms with Crippen molar-refractivity contribution in [2.24, 2.45) is 5.41 Å². The van der Waals surface area contributed by atoms with E-state index in [9.17, 15) is 5.11 Å². The van der Waals surface area contributed by atoms with Gasteiger partial charge in [0.1, 0.15) is 11.6 Å². The van der Waals surface area contributed by atoms with E-state index >= 15 is 0 Å². The molecule has 0 spiro atoms. The van der Waals surface area contributed by atoms with Crippen LogP contribution in [0.5, 0.6) is 0 Å². The Bertz CT molecular complexity index is 424. The van der Waals surface area contributed by atoms with Crippen molar-refractivity contribution >= 4 is 23.4 Å². The van der Waals surface area contributed by atoms with Crippen molar-refractivity contribution in [3.05, 3.63) is 6.07 Å². The number of nitrogens with two attached hydrogens (primary N) is 1. The summed E-state index contributed by atoms with van der Waals surface area (Å²) < 4.78 is 0. The second-order valence-electron chi connectivity index (χ2n) is 4.93. The van der Waals surface area contributed by atoms with E-state index in [0.717, 1.165) is 12.2 Å². The molecule has 1 saturated carbocycles. The molecule has 6 heteroatoms. The molecule has 2 atom stereocenters. The predicted octanol–water partition coefficient (Wildman–Crippen LogP) is 1.35. The first kappa shape index (κ1) is 12.4. The molecule has 0 aliphatic heterocycles. The van der Waals surface area contributed by atoms with Crippen LogP contribution in [0.4, 0.5) is 11.6 Å². The van der Waals surface area contributed by atoms with Crippen molar-refractivity contribution < 1.29 is 5.11 Å². The Labute approximate surface area is 105 Å². The van der Waals surface area contributed by atoms with Crippen molar-refractivity contribution in [3.8, 4) is 0 Å². The topological polar surface area (TPSA) is 84.1 Å². The smallest absolute Gasteiger partial charge is 0.191 e. The van der Waals surface area contributed by atoms with E-state index in [4.69, 9.17) is 5.73 Å². The van der Waals surface area contributed by atoms with E-state index < -0.39 is 0 Å². The quantitative estimate of drug-likeness (QED) is 0.558. The number of thioether (sulfide) groups is 1. The van der Waals surface area contributed by atoms with Gasteiger partial charge in [-0.25, -0.2) is 9.97 Å². The number of aliphatic hydroxyl groups is 1. The predicted molar refractivity (Wildman–Crippen MR) is 70.0 cm³/mol. The van der Waals surface area contributed by atoms with Gasteiger partial charge in [0.25, 0.3) is 0 Å². The van der Waals surface area contributed by atoms with Gasteiger partial charge in [-0.3, -0.25) is 0 Å². The first-order valence-electron chi connectivity index (χ1n) is 5.56. The van der Waals surface area contributed by atoms with Crippen LogP contribution in [-0.2, 0) is 0 Å². The molecule has 0 aromatic carbocycles. The van der Waals surface area contributed by atoms with Gasteiger partial charge in [-0.15, -0.1) is 0 Å². The second-order valence-corrected chi connectivity index (χ2v) is 5.71. The highest BCUT2D eigenvalue weighted by Crippen LogP contribution is 2.42. The van der Waals surface area contributed by atoms with Gasteiger partial charge in [0.15, 0.2) is 5.16 Å². The van der Waals surface area contributed by atoms with Crippen LogP contribution in [-0.4, -0.2) is 33.5 Å². The number of aliphatic hydroxyl groups excluding tert-OH is 1. The molecule has 4 N–H and O–H groups in total. The van der Waals surface area contributed by atoms with E-state index in [2.05, 4.69) is 15.3 Å². The number of rotatable bonds is 3. The SMILES string of the molecule is CSc1nc(N)cc(NC2CC(O)C2(C)C)n1. The van der Waals surface area contributed by atoms with Crippen LogP contribution in [0, 0.1) is 5.41 Å². The van der Waals surface area contributed by atoms with Gasteiger partial charge >= 0.3 is 0 Å². The van der Waals surface area contributed by atoms with Crippen LogP contribution in [0.15, 0.2) is 11.2 Å². The number of nitrogen functional groups attached to an aromatic ring is 1. The van der Waals surface area contributed by atoms with Crippen LogP contribution in [0.25, 0.3) is 0 Å². The zero-order valence-electron chi connectivity index (χ0n) is 10.3. The van der Waals surface area contributed by atoms with E-state index in [1.165, 1.54) is 11.8 Å². The fourth-order valence-corrected chi connectivity index (χ4v) is 2.32. The zero-order valence-corrected chi connectivity index (χ0v) is 11.1. The second kappa shape index (κ2) is 4.34. The molecule has 94 valence electrons. The Balaban J connectivity index is 2.12. The Morgan fingerprint density at radius 2 is 2.24 bits per heavy atom. The molecular weight excluding hydrogens is 236 g/mol. The third kappa shape index (κ3) is 2.32. The number of nitrogens with one attached hydrogen (secondary N) is 1. The molecule has 1 aliphatic rings. The normalized spacial score (nSPS) is 26.4. The van der Waals surface area contributed by atoms with Gasteiger partial charge < -0.3 is 16.2 Å². The van der Waals surface area contributed by atoms with Crippen molar-refractivity contribution in [1.29, 1.82) is 0 Å². The molecule has 1 fully saturated rings. The summed E-state index contributed by atoms with van der Waals surface area (Å²) in [4.78, 5) is 8.44. The average Bonchev–Trinajstić information content (AvgIpc) is 2.28. The number of nitrogens with zero attached hydrogens (tertiary/aromatic N) is 2. The van der Waals surface area contributed by atoms with Crippen molar-refractivity contribution in [1.82, 2.24) is 9.97 Å². The minimum absolute atomic E-state index is 0.126. The van der Waals surface area contributed by atoms with Crippen LogP contribution in [0.2, 0.25) is 0 Å². The van der Waals surface area contributed by atoms with Gasteiger partial charge in [0.05, 0.1) is 6.10 Å². The zero-order chi connectivity index (χ0) is 12.6. The molecular formula is C11H18N4OS. The first-order chi connectivity index (χ1) is 7.93. The maximum atomic E-state index is 9.68. The molecule has 0 bridgehead atoms. The fourth-order valence-electron chi connectivity index (χ4n) is 1.93. The maximum Gasteiger partial charge on any atom is 0.191 e. The van der Waals surface area contributed by atoms with E-state index in [-0.39, 0.29) is 17.6 Å². The van der Waals surface area contributed by atoms with Crippen molar-refractivity contribution in [2.45, 2.75) is 37.6 Å². The highest BCUT2D eigenvalue weighted by atomic mass is 32.2. The summed E-state index contributed by atoms with van der Waals surface area (Å²) in [5.41, 5.74) is 5.59. The summed E-state index contributed by atoms with van der Waals surface area (Å²) in [6.07, 6.45) is 2.40. The molecule has 1 aliphatic carbocycles. The minimum Gasteiger partial charge on any atom is -0.392 e. The summed E-state index contributed by atoms with van der Waals surface area (Å²) in [5, 5.41) is 13.6. The van der Waals surface area contributed by atoms with Gasteiger partial charge in [0.2, 0.25) is 0 Å². The monoisotopic (exact) mass is 254 g/mol. The van der Waals surface area contributed by atoms with Gasteiger partial charge in [-0.05, 0) is 12.7 Å². The maximum absolute atomic E-state index is 9.68. The fraction of sp³-hybridized carbons (Fsp3) is 0.636. The summed E-state index contributed by atoms with van der Waals surface area (Å²) in [5.74, 6) is 1.19. The van der Waals surface area contributed by atoms with Crippen molar-refractivity contribution in [3.63, 3.8) is 0 Å². The van der Waals surface area contributed by atoms with Crippen LogP contribution < -0.4 is 11.1 Å². The molecule has 5 nitrogen and oxygen atoms in total. The number of anilines is 2. The Morgan fingerprint density at radius 1 is 1.53 bits per heavy atom. The summed E-state index contributed by atoms with van der Waals surface area (Å²) in [7, 11) is 0. The standard InChI is InChI=1S/C11H18N4OS/c1-11(2)6(4-7(11)16)13-9-5-8(12)14-10(15-9)17-3/h5-7,16H,4H2,1-3H3,(H3,12,13,14,15). The minimum atomic E-state index is -0.251. The molecule has 0 radical (unpaired) electrons. The van der Waals surface area contributed by atoms with Crippen LogP contribution >= 0.6 is 11.8 Å². The molecule has 0 saturated heterocycles. The lowest BCUT2D eigenvalue weighted by atomic mass is 9.64. The summed E-state index contributed by atoms with van der Waals surface area (Å²) in [6, 6.07) is 1.95. The highest BCUT2D eigenvalue weighted by Gasteiger charge is 2.47. The van der Waals surface area contributed by atoms with Crippen LogP contribution in [0.3, 0.4) is 0 Å². The summed E-state index contributed by atoms with van der Waals surface area (Å²) in [6.45, 7) is 4.08. The van der Waals surface area contributed by atoms with Crippen LogP contribution in [0.1, 0.15) is 20.3 Å². The van der Waals surface area contributed by atoms with Gasteiger partial charge in [0, 0.05) is 17.5 Å². The third-order valence-corrected chi connectivity index (χ3v) is 3.99. The highest BCUT2D eigenvalue weighted by molar-refractivity contribution is 7.98. The Kier molecular flexibility index (Phi) is 3.18. The van der Waals surface area contributed by atoms with Gasteiger partial charge in [-0.1, -0.05) is 25.6 Å².